The Morgan fingerprint density at radius 1 is 1.12 bits per heavy atom. The van der Waals surface area contributed by atoms with Gasteiger partial charge >= 0.3 is 0 Å². The minimum Gasteiger partial charge on any atom is -0.546 e. The first-order valence-corrected chi connectivity index (χ1v) is 11.5. The van der Waals surface area contributed by atoms with Gasteiger partial charge in [-0.1, -0.05) is 67.4 Å². The van der Waals surface area contributed by atoms with Gasteiger partial charge in [-0.25, -0.2) is 0 Å². The van der Waals surface area contributed by atoms with Crippen molar-refractivity contribution >= 4 is 8.32 Å². The molecule has 0 saturated heterocycles. The molecule has 1 rings (SSSR count). The van der Waals surface area contributed by atoms with Crippen LogP contribution in [0.3, 0.4) is 0 Å². The summed E-state index contributed by atoms with van der Waals surface area (Å²) in [5.41, 5.74) is 10.8. The first-order valence-electron chi connectivity index (χ1n) is 9.40. The number of hydrogen-bond acceptors (Lipinski definition) is 2. The van der Waals surface area contributed by atoms with E-state index in [1.165, 1.54) is 0 Å². The second kappa shape index (κ2) is 7.96. The third-order valence-corrected chi connectivity index (χ3v) is 11.8. The van der Waals surface area contributed by atoms with Crippen molar-refractivity contribution in [2.75, 3.05) is 0 Å². The lowest BCUT2D eigenvalue weighted by atomic mass is 9.72. The molecule has 0 unspecified atom stereocenters. The molecule has 1 aliphatic carbocycles. The lowest BCUT2D eigenvalue weighted by Crippen LogP contribution is -2.48. The molecule has 5 heteroatoms. The monoisotopic (exact) mass is 351 g/mol. The molecule has 138 valence electrons. The van der Waals surface area contributed by atoms with Crippen molar-refractivity contribution in [1.82, 2.24) is 0 Å². The number of rotatable bonds is 6. The van der Waals surface area contributed by atoms with E-state index in [1.54, 1.807) is 0 Å². The molecular formula is C19H37N3OSi. The van der Waals surface area contributed by atoms with Crippen molar-refractivity contribution in [3.05, 3.63) is 22.3 Å². The summed E-state index contributed by atoms with van der Waals surface area (Å²) in [7, 11) is -1.94. The Morgan fingerprint density at radius 2 is 1.62 bits per heavy atom. The fourth-order valence-corrected chi connectivity index (χ4v) is 9.97. The van der Waals surface area contributed by atoms with E-state index in [1.807, 2.05) is 0 Å². The van der Waals surface area contributed by atoms with Gasteiger partial charge in [0.1, 0.15) is 0 Å². The van der Waals surface area contributed by atoms with Gasteiger partial charge in [0.25, 0.3) is 8.32 Å². The summed E-state index contributed by atoms with van der Waals surface area (Å²) >= 11 is 0. The topological polar surface area (TPSA) is 58.0 Å². The molecule has 0 radical (unpaired) electrons. The lowest BCUT2D eigenvalue weighted by Gasteiger charge is -2.45. The number of allylic oxidation sites excluding steroid dienone is 1. The lowest BCUT2D eigenvalue weighted by molar-refractivity contribution is 0.183. The van der Waals surface area contributed by atoms with Gasteiger partial charge in [0.05, 0.1) is 11.8 Å². The van der Waals surface area contributed by atoms with Crippen LogP contribution in [-0.4, -0.2) is 14.4 Å². The molecule has 0 fully saturated rings. The summed E-state index contributed by atoms with van der Waals surface area (Å²) in [6, 6.07) is -0.100. The molecule has 0 N–H and O–H groups in total. The van der Waals surface area contributed by atoms with Crippen molar-refractivity contribution in [3.8, 4) is 0 Å². The van der Waals surface area contributed by atoms with E-state index < -0.39 is 8.32 Å². The third kappa shape index (κ3) is 4.37. The Bertz CT molecular complexity index is 477. The maximum Gasteiger partial charge on any atom is 0.258 e. The van der Waals surface area contributed by atoms with Gasteiger partial charge in [-0.3, -0.25) is 0 Å². The Balaban J connectivity index is 3.19. The molecular weight excluding hydrogens is 314 g/mol. The molecule has 0 saturated carbocycles. The van der Waals surface area contributed by atoms with Crippen molar-refractivity contribution in [2.45, 2.75) is 97.8 Å². The zero-order chi connectivity index (χ0) is 18.7. The molecule has 0 bridgehead atoms. The maximum atomic E-state index is 8.98. The Hall–Kier alpha value is -0.933. The standard InChI is InChI=1S/C19H37N3OSi/c1-13(2)24(14(3)4,15(5)6)23-16-10-11-17(19(7,8)9)18(12-16)21-22-20/h12-15,17-18H,10-11H2,1-9H3/t17-,18-/m1/s1. The van der Waals surface area contributed by atoms with Crippen molar-refractivity contribution in [3.63, 3.8) is 0 Å². The van der Waals surface area contributed by atoms with Gasteiger partial charge in [0.2, 0.25) is 0 Å². The van der Waals surface area contributed by atoms with E-state index in [-0.39, 0.29) is 11.5 Å². The highest BCUT2D eigenvalue weighted by Gasteiger charge is 2.48. The summed E-state index contributed by atoms with van der Waals surface area (Å²) in [5, 5.41) is 4.09. The fraction of sp³-hybridized carbons (Fsp3) is 0.895. The second-order valence-corrected chi connectivity index (χ2v) is 14.6. The second-order valence-electron chi connectivity index (χ2n) is 9.26. The normalized spacial score (nSPS) is 22.6. The highest BCUT2D eigenvalue weighted by atomic mass is 28.4. The molecule has 0 amide bonds. The van der Waals surface area contributed by atoms with Crippen LogP contribution in [0.5, 0.6) is 0 Å². The molecule has 0 heterocycles. The predicted octanol–water partition coefficient (Wildman–Crippen LogP) is 7.20. The van der Waals surface area contributed by atoms with E-state index >= 15 is 0 Å². The minimum atomic E-state index is -1.94. The molecule has 0 aromatic heterocycles. The average Bonchev–Trinajstić information content (AvgIpc) is 2.42. The van der Waals surface area contributed by atoms with Gasteiger partial charge < -0.3 is 4.43 Å². The Morgan fingerprint density at radius 3 is 2.00 bits per heavy atom. The molecule has 0 aliphatic heterocycles. The van der Waals surface area contributed by atoms with Crippen molar-refractivity contribution in [1.29, 1.82) is 0 Å². The largest absolute Gasteiger partial charge is 0.546 e. The van der Waals surface area contributed by atoms with Crippen LogP contribution >= 0.6 is 0 Å². The molecule has 4 nitrogen and oxygen atoms in total. The Kier molecular flexibility index (Phi) is 7.01. The molecule has 24 heavy (non-hydrogen) atoms. The third-order valence-electron chi connectivity index (χ3n) is 5.78. The first kappa shape index (κ1) is 21.1. The maximum absolute atomic E-state index is 8.98. The number of nitrogens with zero attached hydrogens (tertiary/aromatic N) is 3. The van der Waals surface area contributed by atoms with Crippen LogP contribution in [0.1, 0.15) is 75.2 Å². The van der Waals surface area contributed by atoms with E-state index in [0.29, 0.717) is 22.5 Å². The summed E-state index contributed by atoms with van der Waals surface area (Å²) in [6.45, 7) is 20.5. The van der Waals surface area contributed by atoms with E-state index in [2.05, 4.69) is 78.4 Å². The van der Waals surface area contributed by atoms with E-state index in [0.717, 1.165) is 18.6 Å². The predicted molar refractivity (Wildman–Crippen MR) is 105 cm³/mol. The average molecular weight is 352 g/mol. The van der Waals surface area contributed by atoms with Crippen LogP contribution in [-0.2, 0) is 4.43 Å². The van der Waals surface area contributed by atoms with Crippen LogP contribution in [0.15, 0.2) is 16.9 Å². The van der Waals surface area contributed by atoms with Crippen LogP contribution in [0.25, 0.3) is 10.4 Å². The number of hydrogen-bond donors (Lipinski definition) is 0. The summed E-state index contributed by atoms with van der Waals surface area (Å²) in [4.78, 5) is 3.10. The van der Waals surface area contributed by atoms with E-state index in [4.69, 9.17) is 9.96 Å². The van der Waals surface area contributed by atoms with Gasteiger partial charge in [0.15, 0.2) is 0 Å². The van der Waals surface area contributed by atoms with Gasteiger partial charge in [-0.2, -0.15) is 0 Å². The quantitative estimate of drug-likeness (QED) is 0.216. The van der Waals surface area contributed by atoms with Gasteiger partial charge in [0, 0.05) is 11.3 Å². The summed E-state index contributed by atoms with van der Waals surface area (Å²) in [6.07, 6.45) is 4.10. The van der Waals surface area contributed by atoms with Crippen LogP contribution in [0.2, 0.25) is 16.6 Å². The molecule has 1 aliphatic rings. The highest BCUT2D eigenvalue weighted by molar-refractivity contribution is 6.77. The molecule has 0 spiro atoms. The summed E-state index contributed by atoms with van der Waals surface area (Å²) in [5.74, 6) is 1.43. The highest BCUT2D eigenvalue weighted by Crippen LogP contribution is 2.46. The van der Waals surface area contributed by atoms with E-state index in [9.17, 15) is 0 Å². The SMILES string of the molecule is CC(C)[Si](OC1=C[C@@H](N=[N+]=[N-])[C@H](C(C)(C)C)CC1)(C(C)C)C(C)C. The molecule has 0 aromatic rings. The first-order chi connectivity index (χ1) is 11.0. The zero-order valence-corrected chi connectivity index (χ0v) is 18.1. The van der Waals surface area contributed by atoms with Gasteiger partial charge in [-0.05, 0) is 46.0 Å². The number of azide groups is 1. The zero-order valence-electron chi connectivity index (χ0n) is 17.1. The van der Waals surface area contributed by atoms with Crippen molar-refractivity contribution in [2.24, 2.45) is 16.4 Å². The summed E-state index contributed by atoms with van der Waals surface area (Å²) < 4.78 is 6.82. The van der Waals surface area contributed by atoms with Gasteiger partial charge in [-0.15, -0.1) is 0 Å². The van der Waals surface area contributed by atoms with Crippen LogP contribution in [0, 0.1) is 11.3 Å². The van der Waals surface area contributed by atoms with Crippen LogP contribution in [0.4, 0.5) is 0 Å². The molecule has 2 atom stereocenters. The Labute approximate surface area is 149 Å². The smallest absolute Gasteiger partial charge is 0.258 e. The fourth-order valence-electron chi connectivity index (χ4n) is 4.64. The van der Waals surface area contributed by atoms with Crippen LogP contribution < -0.4 is 0 Å². The van der Waals surface area contributed by atoms with Crippen molar-refractivity contribution < 1.29 is 4.43 Å². The molecule has 0 aromatic carbocycles. The minimum absolute atomic E-state index is 0.100.